The van der Waals surface area contributed by atoms with E-state index in [1.165, 1.54) is 84.0 Å². The zero-order valence-electron chi connectivity index (χ0n) is 15.2. The molecule has 0 heterocycles. The Morgan fingerprint density at radius 1 is 1.00 bits per heavy atom. The molecule has 0 aliphatic heterocycles. The van der Waals surface area contributed by atoms with Crippen LogP contribution >= 0.6 is 0 Å². The first-order valence-electron chi connectivity index (χ1n) is 9.58. The van der Waals surface area contributed by atoms with Gasteiger partial charge in [0.15, 0.2) is 0 Å². The number of hydrogen-bond acceptors (Lipinski definition) is 2. The topological polar surface area (TPSA) is 15.3 Å². The second-order valence-corrected chi connectivity index (χ2v) is 7.51. The van der Waals surface area contributed by atoms with Crippen molar-refractivity contribution in [3.63, 3.8) is 0 Å². The van der Waals surface area contributed by atoms with Crippen LogP contribution in [0.2, 0.25) is 0 Å². The summed E-state index contributed by atoms with van der Waals surface area (Å²) >= 11 is 0. The Morgan fingerprint density at radius 2 is 1.71 bits per heavy atom. The van der Waals surface area contributed by atoms with Crippen molar-refractivity contribution in [1.29, 1.82) is 0 Å². The van der Waals surface area contributed by atoms with Gasteiger partial charge in [-0.05, 0) is 58.0 Å². The van der Waals surface area contributed by atoms with E-state index in [2.05, 4.69) is 37.9 Å². The van der Waals surface area contributed by atoms with E-state index < -0.39 is 0 Å². The van der Waals surface area contributed by atoms with Crippen molar-refractivity contribution in [1.82, 2.24) is 10.2 Å². The lowest BCUT2D eigenvalue weighted by Crippen LogP contribution is -2.47. The van der Waals surface area contributed by atoms with E-state index in [4.69, 9.17) is 0 Å². The van der Waals surface area contributed by atoms with Gasteiger partial charge in [-0.2, -0.15) is 0 Å². The molecular formula is C19H40N2. The summed E-state index contributed by atoms with van der Waals surface area (Å²) in [5.41, 5.74) is 0.546. The van der Waals surface area contributed by atoms with E-state index in [1.807, 2.05) is 0 Å². The lowest BCUT2D eigenvalue weighted by atomic mass is 9.73. The number of rotatable bonds is 11. The van der Waals surface area contributed by atoms with Gasteiger partial charge >= 0.3 is 0 Å². The number of hydrogen-bond donors (Lipinski definition) is 1. The smallest absolute Gasteiger partial charge is 0.00528 e. The molecule has 1 aliphatic rings. The zero-order valence-corrected chi connectivity index (χ0v) is 15.2. The molecule has 0 amide bonds. The first kappa shape index (κ1) is 19.0. The molecule has 0 unspecified atom stereocenters. The van der Waals surface area contributed by atoms with Crippen LogP contribution in [0.15, 0.2) is 0 Å². The molecule has 126 valence electrons. The predicted octanol–water partition coefficient (Wildman–Crippen LogP) is 4.84. The SMILES string of the molecule is CCCCCN(CC1(CNCCC)CCCCC1)C(C)C. The summed E-state index contributed by atoms with van der Waals surface area (Å²) < 4.78 is 0. The van der Waals surface area contributed by atoms with Crippen LogP contribution in [0.5, 0.6) is 0 Å². The Balaban J connectivity index is 2.58. The minimum Gasteiger partial charge on any atom is -0.316 e. The van der Waals surface area contributed by atoms with E-state index in [-0.39, 0.29) is 0 Å². The van der Waals surface area contributed by atoms with Crippen LogP contribution in [-0.4, -0.2) is 37.1 Å². The predicted molar refractivity (Wildman–Crippen MR) is 94.9 cm³/mol. The fraction of sp³-hybridized carbons (Fsp3) is 1.00. The van der Waals surface area contributed by atoms with Crippen LogP contribution in [0.4, 0.5) is 0 Å². The maximum Gasteiger partial charge on any atom is 0.00528 e. The highest BCUT2D eigenvalue weighted by Gasteiger charge is 2.33. The van der Waals surface area contributed by atoms with Gasteiger partial charge < -0.3 is 10.2 Å². The van der Waals surface area contributed by atoms with E-state index in [1.54, 1.807) is 0 Å². The fourth-order valence-corrected chi connectivity index (χ4v) is 3.74. The highest BCUT2D eigenvalue weighted by Crippen LogP contribution is 2.37. The average molecular weight is 297 g/mol. The van der Waals surface area contributed by atoms with Gasteiger partial charge in [-0.15, -0.1) is 0 Å². The van der Waals surface area contributed by atoms with Gasteiger partial charge in [0.2, 0.25) is 0 Å². The van der Waals surface area contributed by atoms with Crippen LogP contribution in [0.3, 0.4) is 0 Å². The molecular weight excluding hydrogens is 256 g/mol. The average Bonchev–Trinajstić information content (AvgIpc) is 2.47. The van der Waals surface area contributed by atoms with Crippen molar-refractivity contribution in [2.45, 2.75) is 91.5 Å². The van der Waals surface area contributed by atoms with Crippen molar-refractivity contribution in [2.24, 2.45) is 5.41 Å². The van der Waals surface area contributed by atoms with Gasteiger partial charge in [0.25, 0.3) is 0 Å². The molecule has 2 nitrogen and oxygen atoms in total. The van der Waals surface area contributed by atoms with Gasteiger partial charge in [-0.1, -0.05) is 46.0 Å². The molecule has 0 aromatic heterocycles. The third-order valence-corrected chi connectivity index (χ3v) is 5.16. The van der Waals surface area contributed by atoms with Gasteiger partial charge in [0.1, 0.15) is 0 Å². The second-order valence-electron chi connectivity index (χ2n) is 7.51. The van der Waals surface area contributed by atoms with Crippen molar-refractivity contribution >= 4 is 0 Å². The van der Waals surface area contributed by atoms with Crippen LogP contribution in [-0.2, 0) is 0 Å². The largest absolute Gasteiger partial charge is 0.316 e. The molecule has 1 saturated carbocycles. The Labute approximate surface area is 134 Å². The molecule has 21 heavy (non-hydrogen) atoms. The third-order valence-electron chi connectivity index (χ3n) is 5.16. The molecule has 1 fully saturated rings. The summed E-state index contributed by atoms with van der Waals surface area (Å²) in [5, 5.41) is 3.73. The maximum atomic E-state index is 3.73. The molecule has 0 radical (unpaired) electrons. The molecule has 0 bridgehead atoms. The summed E-state index contributed by atoms with van der Waals surface area (Å²) in [6, 6.07) is 0.687. The zero-order chi connectivity index (χ0) is 15.6. The van der Waals surface area contributed by atoms with Crippen molar-refractivity contribution in [2.75, 3.05) is 26.2 Å². The van der Waals surface area contributed by atoms with Gasteiger partial charge in [-0.3, -0.25) is 0 Å². The van der Waals surface area contributed by atoms with Gasteiger partial charge in [0.05, 0.1) is 0 Å². The number of nitrogens with zero attached hydrogens (tertiary/aromatic N) is 1. The molecule has 1 N–H and O–H groups in total. The third kappa shape index (κ3) is 7.15. The summed E-state index contributed by atoms with van der Waals surface area (Å²) in [5.74, 6) is 0. The lowest BCUT2D eigenvalue weighted by molar-refractivity contribution is 0.0822. The van der Waals surface area contributed by atoms with Crippen molar-refractivity contribution in [3.05, 3.63) is 0 Å². The van der Waals surface area contributed by atoms with Crippen LogP contribution in [0.1, 0.15) is 85.5 Å². The molecule has 0 aromatic carbocycles. The lowest BCUT2D eigenvalue weighted by Gasteiger charge is -2.43. The molecule has 0 atom stereocenters. The van der Waals surface area contributed by atoms with E-state index in [0.717, 1.165) is 0 Å². The van der Waals surface area contributed by atoms with Gasteiger partial charge in [0, 0.05) is 19.1 Å². The van der Waals surface area contributed by atoms with Crippen molar-refractivity contribution in [3.8, 4) is 0 Å². The first-order valence-corrected chi connectivity index (χ1v) is 9.58. The van der Waals surface area contributed by atoms with E-state index in [0.29, 0.717) is 11.5 Å². The highest BCUT2D eigenvalue weighted by molar-refractivity contribution is 4.88. The monoisotopic (exact) mass is 296 g/mol. The summed E-state index contributed by atoms with van der Waals surface area (Å²) in [7, 11) is 0. The van der Waals surface area contributed by atoms with Gasteiger partial charge in [-0.25, -0.2) is 0 Å². The fourth-order valence-electron chi connectivity index (χ4n) is 3.74. The Kier molecular flexibility index (Phi) is 9.59. The standard InChI is InChI=1S/C19H40N2/c1-5-7-11-15-21(18(3)4)17-19(16-20-14-6-2)12-9-8-10-13-19/h18,20H,5-17H2,1-4H3. The maximum absolute atomic E-state index is 3.73. The molecule has 1 aliphatic carbocycles. The number of unbranched alkanes of at least 4 members (excludes halogenated alkanes) is 2. The molecule has 0 aromatic rings. The van der Waals surface area contributed by atoms with Crippen LogP contribution < -0.4 is 5.32 Å². The Bertz CT molecular complexity index is 244. The van der Waals surface area contributed by atoms with E-state index >= 15 is 0 Å². The summed E-state index contributed by atoms with van der Waals surface area (Å²) in [6.07, 6.45) is 12.5. The minimum atomic E-state index is 0.546. The molecule has 0 saturated heterocycles. The molecule has 0 spiro atoms. The highest BCUT2D eigenvalue weighted by atomic mass is 15.2. The first-order chi connectivity index (χ1) is 10.1. The molecule has 2 heteroatoms. The normalized spacial score (nSPS) is 18.6. The number of nitrogens with one attached hydrogen (secondary N) is 1. The minimum absolute atomic E-state index is 0.546. The summed E-state index contributed by atoms with van der Waals surface area (Å²) in [4.78, 5) is 2.76. The molecule has 1 rings (SSSR count). The Morgan fingerprint density at radius 3 is 2.29 bits per heavy atom. The van der Waals surface area contributed by atoms with Crippen molar-refractivity contribution < 1.29 is 0 Å². The Hall–Kier alpha value is -0.0800. The summed E-state index contributed by atoms with van der Waals surface area (Å²) in [6.45, 7) is 14.3. The van der Waals surface area contributed by atoms with Crippen LogP contribution in [0.25, 0.3) is 0 Å². The van der Waals surface area contributed by atoms with Crippen LogP contribution in [0, 0.1) is 5.41 Å². The van der Waals surface area contributed by atoms with E-state index in [9.17, 15) is 0 Å². The second kappa shape index (κ2) is 10.6. The quantitative estimate of drug-likeness (QED) is 0.549.